The Kier molecular flexibility index (Phi) is 4.36. The van der Waals surface area contributed by atoms with Crippen molar-refractivity contribution < 1.29 is 0 Å². The standard InChI is InChI=1S/C11H18ClN5/c1-2-3-6-13-10-14-9(12)15-11(16-10)17-7-4-5-8-17/h2-8H2,1H3,(H,13,14,15,16). The first-order chi connectivity index (χ1) is 8.29. The van der Waals surface area contributed by atoms with Crippen LogP contribution in [0, 0.1) is 0 Å². The van der Waals surface area contributed by atoms with Gasteiger partial charge < -0.3 is 10.2 Å². The van der Waals surface area contributed by atoms with E-state index in [0.717, 1.165) is 32.5 Å². The maximum atomic E-state index is 5.91. The molecule has 1 saturated heterocycles. The van der Waals surface area contributed by atoms with Gasteiger partial charge in [-0.25, -0.2) is 0 Å². The zero-order chi connectivity index (χ0) is 12.1. The number of unbranched alkanes of at least 4 members (excludes halogenated alkanes) is 1. The summed E-state index contributed by atoms with van der Waals surface area (Å²) in [5, 5.41) is 3.44. The molecule has 0 radical (unpaired) electrons. The molecule has 94 valence electrons. The number of hydrogen-bond donors (Lipinski definition) is 1. The second-order valence-corrected chi connectivity index (χ2v) is 4.54. The zero-order valence-corrected chi connectivity index (χ0v) is 10.9. The fourth-order valence-corrected chi connectivity index (χ4v) is 2.01. The Morgan fingerprint density at radius 1 is 1.24 bits per heavy atom. The third-order valence-electron chi connectivity index (χ3n) is 2.80. The molecule has 0 unspecified atom stereocenters. The summed E-state index contributed by atoms with van der Waals surface area (Å²) in [6, 6.07) is 0. The Balaban J connectivity index is 2.05. The Morgan fingerprint density at radius 3 is 2.71 bits per heavy atom. The van der Waals surface area contributed by atoms with Gasteiger partial charge in [0.25, 0.3) is 0 Å². The second kappa shape index (κ2) is 6.00. The number of anilines is 2. The Labute approximate surface area is 107 Å². The highest BCUT2D eigenvalue weighted by molar-refractivity contribution is 6.28. The van der Waals surface area contributed by atoms with E-state index >= 15 is 0 Å². The first kappa shape index (κ1) is 12.4. The van der Waals surface area contributed by atoms with Crippen LogP contribution in [0.2, 0.25) is 5.28 Å². The molecule has 0 saturated carbocycles. The van der Waals surface area contributed by atoms with Crippen LogP contribution in [-0.4, -0.2) is 34.6 Å². The maximum absolute atomic E-state index is 5.91. The van der Waals surface area contributed by atoms with Crippen LogP contribution in [0.5, 0.6) is 0 Å². The monoisotopic (exact) mass is 255 g/mol. The molecule has 0 bridgehead atoms. The zero-order valence-electron chi connectivity index (χ0n) is 10.1. The van der Waals surface area contributed by atoms with Gasteiger partial charge in [-0.3, -0.25) is 0 Å². The van der Waals surface area contributed by atoms with Crippen LogP contribution in [0.15, 0.2) is 0 Å². The number of aromatic nitrogens is 3. The minimum Gasteiger partial charge on any atom is -0.354 e. The molecular weight excluding hydrogens is 238 g/mol. The third-order valence-corrected chi connectivity index (χ3v) is 2.97. The molecule has 5 nitrogen and oxygen atoms in total. The quantitative estimate of drug-likeness (QED) is 0.819. The molecule has 1 aromatic rings. The Hall–Kier alpha value is -1.10. The van der Waals surface area contributed by atoms with E-state index in [1.165, 1.54) is 12.8 Å². The smallest absolute Gasteiger partial charge is 0.231 e. The fraction of sp³-hybridized carbons (Fsp3) is 0.727. The molecule has 0 aromatic carbocycles. The van der Waals surface area contributed by atoms with E-state index < -0.39 is 0 Å². The summed E-state index contributed by atoms with van der Waals surface area (Å²) in [5.74, 6) is 1.28. The van der Waals surface area contributed by atoms with Gasteiger partial charge in [0.15, 0.2) is 0 Å². The van der Waals surface area contributed by atoms with Crippen LogP contribution in [0.3, 0.4) is 0 Å². The molecule has 0 spiro atoms. The molecular formula is C11H18ClN5. The number of nitrogens with zero attached hydrogens (tertiary/aromatic N) is 4. The summed E-state index contributed by atoms with van der Waals surface area (Å²) in [5.41, 5.74) is 0. The predicted octanol–water partition coefficient (Wildman–Crippen LogP) is 2.34. The summed E-state index contributed by atoms with van der Waals surface area (Å²) in [6.07, 6.45) is 4.64. The van der Waals surface area contributed by atoms with E-state index in [-0.39, 0.29) is 5.28 Å². The molecule has 2 rings (SSSR count). The van der Waals surface area contributed by atoms with Crippen LogP contribution in [0.25, 0.3) is 0 Å². The molecule has 0 amide bonds. The Morgan fingerprint density at radius 2 is 2.00 bits per heavy atom. The van der Waals surface area contributed by atoms with Crippen molar-refractivity contribution in [1.29, 1.82) is 0 Å². The van der Waals surface area contributed by atoms with Gasteiger partial charge >= 0.3 is 0 Å². The van der Waals surface area contributed by atoms with Crippen LogP contribution < -0.4 is 10.2 Å². The van der Waals surface area contributed by atoms with Crippen molar-refractivity contribution >= 4 is 23.5 Å². The largest absolute Gasteiger partial charge is 0.354 e. The van der Waals surface area contributed by atoms with Gasteiger partial charge in [-0.1, -0.05) is 13.3 Å². The SMILES string of the molecule is CCCCNc1nc(Cl)nc(N2CCCC2)n1. The van der Waals surface area contributed by atoms with Gasteiger partial charge in [0.05, 0.1) is 0 Å². The van der Waals surface area contributed by atoms with Crippen molar-refractivity contribution in [2.75, 3.05) is 29.9 Å². The van der Waals surface area contributed by atoms with Crippen LogP contribution in [0.1, 0.15) is 32.6 Å². The van der Waals surface area contributed by atoms with Crippen LogP contribution in [-0.2, 0) is 0 Å². The lowest BCUT2D eigenvalue weighted by Crippen LogP contribution is -2.21. The molecule has 0 atom stereocenters. The molecule has 2 heterocycles. The maximum Gasteiger partial charge on any atom is 0.231 e. The van der Waals surface area contributed by atoms with Gasteiger partial charge in [-0.05, 0) is 30.9 Å². The molecule has 1 aliphatic heterocycles. The first-order valence-electron chi connectivity index (χ1n) is 6.20. The molecule has 6 heteroatoms. The highest BCUT2D eigenvalue weighted by atomic mass is 35.5. The van der Waals surface area contributed by atoms with Gasteiger partial charge in [0, 0.05) is 19.6 Å². The van der Waals surface area contributed by atoms with Crippen molar-refractivity contribution in [2.45, 2.75) is 32.6 Å². The average Bonchev–Trinajstić information content (AvgIpc) is 2.82. The summed E-state index contributed by atoms with van der Waals surface area (Å²) < 4.78 is 0. The highest BCUT2D eigenvalue weighted by Gasteiger charge is 2.16. The van der Waals surface area contributed by atoms with Gasteiger partial charge in [0.2, 0.25) is 17.2 Å². The lowest BCUT2D eigenvalue weighted by molar-refractivity contribution is 0.818. The van der Waals surface area contributed by atoms with Crippen molar-refractivity contribution in [3.05, 3.63) is 5.28 Å². The fourth-order valence-electron chi connectivity index (χ4n) is 1.85. The van der Waals surface area contributed by atoms with E-state index in [9.17, 15) is 0 Å². The van der Waals surface area contributed by atoms with Crippen molar-refractivity contribution in [1.82, 2.24) is 15.0 Å². The normalized spacial score (nSPS) is 15.3. The van der Waals surface area contributed by atoms with E-state index in [0.29, 0.717) is 11.9 Å². The third kappa shape index (κ3) is 3.43. The van der Waals surface area contributed by atoms with Crippen molar-refractivity contribution in [3.8, 4) is 0 Å². The average molecular weight is 256 g/mol. The summed E-state index contributed by atoms with van der Waals surface area (Å²) >= 11 is 5.91. The van der Waals surface area contributed by atoms with Gasteiger partial charge in [-0.2, -0.15) is 15.0 Å². The molecule has 1 N–H and O–H groups in total. The van der Waals surface area contributed by atoms with Crippen LogP contribution in [0.4, 0.5) is 11.9 Å². The van der Waals surface area contributed by atoms with E-state index in [1.807, 2.05) is 0 Å². The summed E-state index contributed by atoms with van der Waals surface area (Å²) in [6.45, 7) is 5.04. The topological polar surface area (TPSA) is 53.9 Å². The Bertz CT molecular complexity index is 365. The molecule has 1 fully saturated rings. The van der Waals surface area contributed by atoms with E-state index in [2.05, 4.69) is 32.1 Å². The van der Waals surface area contributed by atoms with E-state index in [1.54, 1.807) is 0 Å². The summed E-state index contributed by atoms with van der Waals surface area (Å²) in [4.78, 5) is 14.8. The first-order valence-corrected chi connectivity index (χ1v) is 6.58. The van der Waals surface area contributed by atoms with Crippen molar-refractivity contribution in [3.63, 3.8) is 0 Å². The minimum atomic E-state index is 0.265. The minimum absolute atomic E-state index is 0.265. The molecule has 1 aromatic heterocycles. The number of halogens is 1. The van der Waals surface area contributed by atoms with Gasteiger partial charge in [-0.15, -0.1) is 0 Å². The number of nitrogens with one attached hydrogen (secondary N) is 1. The number of rotatable bonds is 5. The molecule has 0 aliphatic carbocycles. The molecule has 17 heavy (non-hydrogen) atoms. The molecule has 1 aliphatic rings. The second-order valence-electron chi connectivity index (χ2n) is 4.20. The number of hydrogen-bond acceptors (Lipinski definition) is 5. The van der Waals surface area contributed by atoms with Crippen LogP contribution >= 0.6 is 11.6 Å². The lowest BCUT2D eigenvalue weighted by Gasteiger charge is -2.15. The van der Waals surface area contributed by atoms with E-state index in [4.69, 9.17) is 11.6 Å². The lowest BCUT2D eigenvalue weighted by atomic mass is 10.3. The predicted molar refractivity (Wildman–Crippen MR) is 69.7 cm³/mol. The van der Waals surface area contributed by atoms with Crippen molar-refractivity contribution in [2.24, 2.45) is 0 Å². The highest BCUT2D eigenvalue weighted by Crippen LogP contribution is 2.18. The summed E-state index contributed by atoms with van der Waals surface area (Å²) in [7, 11) is 0. The van der Waals surface area contributed by atoms with Gasteiger partial charge in [0.1, 0.15) is 0 Å².